The third kappa shape index (κ3) is 9.52. The number of aliphatic hydroxyl groups is 2. The Morgan fingerprint density at radius 2 is 1.49 bits per heavy atom. The van der Waals surface area contributed by atoms with Crippen molar-refractivity contribution < 1.29 is 53.2 Å². The first-order chi connectivity index (χ1) is 34.3. The van der Waals surface area contributed by atoms with Crippen molar-refractivity contribution in [1.29, 1.82) is 0 Å². The van der Waals surface area contributed by atoms with Gasteiger partial charge in [-0.1, -0.05) is 129 Å². The van der Waals surface area contributed by atoms with E-state index in [9.17, 15) is 19.8 Å². The Hall–Kier alpha value is -8.04. The van der Waals surface area contributed by atoms with E-state index < -0.39 is 89.4 Å². The van der Waals surface area contributed by atoms with Crippen LogP contribution in [0.4, 0.5) is 15.3 Å². The predicted molar refractivity (Wildman–Crippen MR) is 259 cm³/mol. The van der Waals surface area contributed by atoms with Gasteiger partial charge in [0.05, 0.1) is 50.1 Å². The SMILES string of the molecule is COC(=O)C(NC(=O)N1C(=O)C2(c3cc(C#CCNC(N)=O)ccc31)C(C(=O)NCC(O)c1ccccc1)C1C(=O)OC(c3ccccc3)C(c3ccccc3)N1C2c1cccc(OCCO)c1)C(C)C. The van der Waals surface area contributed by atoms with Crippen LogP contribution < -0.4 is 31.3 Å². The summed E-state index contributed by atoms with van der Waals surface area (Å²) in [6, 6.07) is 31.5. The number of nitrogens with one attached hydrogen (secondary N) is 3. The molecule has 5 aromatic rings. The number of fused-ring (bicyclic) bond motifs is 3. The number of morpholine rings is 1. The third-order valence-corrected chi connectivity index (χ3v) is 13.1. The van der Waals surface area contributed by atoms with Crippen molar-refractivity contribution in [2.75, 3.05) is 38.3 Å². The number of nitrogens with zero attached hydrogens (tertiary/aromatic N) is 2. The van der Waals surface area contributed by atoms with Crippen LogP contribution in [0.5, 0.6) is 5.75 Å². The summed E-state index contributed by atoms with van der Waals surface area (Å²) in [4.78, 5) is 90.3. The number of amides is 6. The van der Waals surface area contributed by atoms with E-state index in [1.807, 2.05) is 65.6 Å². The van der Waals surface area contributed by atoms with E-state index in [0.29, 0.717) is 27.8 Å². The van der Waals surface area contributed by atoms with Crippen LogP contribution >= 0.6 is 0 Å². The van der Waals surface area contributed by atoms with E-state index >= 15 is 19.2 Å². The zero-order valence-corrected chi connectivity index (χ0v) is 39.2. The number of urea groups is 2. The van der Waals surface area contributed by atoms with Crippen LogP contribution in [0.1, 0.15) is 71.5 Å². The molecule has 8 rings (SSSR count). The lowest BCUT2D eigenvalue weighted by Crippen LogP contribution is -2.58. The van der Waals surface area contributed by atoms with Crippen LogP contribution in [0, 0.1) is 23.7 Å². The molecule has 2 fully saturated rings. The van der Waals surface area contributed by atoms with Crippen LogP contribution in [-0.4, -0.2) is 96.4 Å². The Bertz CT molecular complexity index is 2860. The quantitative estimate of drug-likeness (QED) is 0.0667. The predicted octanol–water partition coefficient (Wildman–Crippen LogP) is 4.50. The van der Waals surface area contributed by atoms with Gasteiger partial charge in [0, 0.05) is 12.1 Å². The number of hydrogen-bond acceptors (Lipinski definition) is 12. The highest BCUT2D eigenvalue weighted by atomic mass is 16.6. The molecular formula is C54H54N6O11. The van der Waals surface area contributed by atoms with Gasteiger partial charge < -0.3 is 46.1 Å². The van der Waals surface area contributed by atoms with Gasteiger partial charge in [-0.2, -0.15) is 0 Å². The molecule has 6 amide bonds. The van der Waals surface area contributed by atoms with Crippen molar-refractivity contribution in [3.8, 4) is 17.6 Å². The Kier molecular flexibility index (Phi) is 14.8. The van der Waals surface area contributed by atoms with Gasteiger partial charge >= 0.3 is 24.0 Å². The fraction of sp³-hybridized carbons (Fsp3) is 0.296. The van der Waals surface area contributed by atoms with Crippen molar-refractivity contribution in [1.82, 2.24) is 20.9 Å². The fourth-order valence-corrected chi connectivity index (χ4v) is 10.1. The Labute approximate surface area is 410 Å². The molecule has 0 radical (unpaired) electrons. The van der Waals surface area contributed by atoms with Gasteiger partial charge in [0.25, 0.3) is 0 Å². The summed E-state index contributed by atoms with van der Waals surface area (Å²) in [6.45, 7) is 2.49. The highest BCUT2D eigenvalue weighted by Crippen LogP contribution is 2.66. The minimum Gasteiger partial charge on any atom is -0.491 e. The number of cyclic esters (lactones) is 1. The molecule has 0 saturated carbocycles. The molecule has 5 aromatic carbocycles. The average Bonchev–Trinajstić information content (AvgIpc) is 3.84. The van der Waals surface area contributed by atoms with Crippen molar-refractivity contribution in [3.05, 3.63) is 167 Å². The Balaban J connectivity index is 1.44. The number of methoxy groups -OCH3 is 1. The first-order valence-electron chi connectivity index (χ1n) is 23.1. The van der Waals surface area contributed by atoms with Crippen molar-refractivity contribution >= 4 is 41.5 Å². The number of nitrogens with two attached hydrogens (primary N) is 1. The minimum absolute atomic E-state index is 0.0181. The van der Waals surface area contributed by atoms with Crippen LogP contribution in [0.15, 0.2) is 133 Å². The lowest BCUT2D eigenvalue weighted by molar-refractivity contribution is -0.178. The molecule has 71 heavy (non-hydrogen) atoms. The van der Waals surface area contributed by atoms with Crippen LogP contribution in [0.3, 0.4) is 0 Å². The molecule has 3 aliphatic rings. The summed E-state index contributed by atoms with van der Waals surface area (Å²) >= 11 is 0. The summed E-state index contributed by atoms with van der Waals surface area (Å²) in [5, 5.41) is 29.3. The van der Waals surface area contributed by atoms with E-state index in [4.69, 9.17) is 19.9 Å². The normalized spacial score (nSPS) is 22.0. The molecule has 17 nitrogen and oxygen atoms in total. The first-order valence-corrected chi connectivity index (χ1v) is 23.1. The van der Waals surface area contributed by atoms with Crippen molar-refractivity contribution in [2.45, 2.75) is 55.6 Å². The van der Waals surface area contributed by atoms with Crippen molar-refractivity contribution in [2.24, 2.45) is 17.6 Å². The number of primary amides is 1. The molecule has 8 atom stereocenters. The molecule has 366 valence electrons. The molecule has 0 aromatic heterocycles. The summed E-state index contributed by atoms with van der Waals surface area (Å²) in [6.07, 6.45) is -2.24. The number of anilines is 1. The number of esters is 2. The maximum atomic E-state index is 16.6. The van der Waals surface area contributed by atoms with E-state index in [1.165, 1.54) is 13.2 Å². The molecule has 0 aliphatic carbocycles. The summed E-state index contributed by atoms with van der Waals surface area (Å²) in [5.74, 6) is 0.523. The largest absolute Gasteiger partial charge is 0.491 e. The lowest BCUT2D eigenvalue weighted by atomic mass is 9.65. The maximum absolute atomic E-state index is 16.6. The number of carbonyl (C=O) groups is 6. The highest BCUT2D eigenvalue weighted by Gasteiger charge is 2.75. The first kappa shape index (κ1) is 49.4. The molecular weight excluding hydrogens is 909 g/mol. The monoisotopic (exact) mass is 962 g/mol. The number of aliphatic hydroxyl groups excluding tert-OH is 2. The molecule has 3 heterocycles. The van der Waals surface area contributed by atoms with Gasteiger partial charge in [0.2, 0.25) is 11.8 Å². The van der Waals surface area contributed by atoms with Gasteiger partial charge in [-0.3, -0.25) is 19.3 Å². The molecule has 0 bridgehead atoms. The van der Waals surface area contributed by atoms with E-state index in [2.05, 4.69) is 27.8 Å². The van der Waals surface area contributed by atoms with Gasteiger partial charge in [0.15, 0.2) is 0 Å². The summed E-state index contributed by atoms with van der Waals surface area (Å²) in [7, 11) is 1.18. The topological polar surface area (TPSA) is 239 Å². The zero-order valence-electron chi connectivity index (χ0n) is 39.2. The number of rotatable bonds is 14. The third-order valence-electron chi connectivity index (χ3n) is 13.1. The molecule has 1 spiro atoms. The number of benzene rings is 5. The minimum atomic E-state index is -2.24. The van der Waals surface area contributed by atoms with Gasteiger partial charge in [-0.15, -0.1) is 0 Å². The Morgan fingerprint density at radius 1 is 0.831 bits per heavy atom. The number of carbonyl (C=O) groups excluding carboxylic acids is 6. The Morgan fingerprint density at radius 3 is 2.14 bits per heavy atom. The molecule has 3 aliphatic heterocycles. The zero-order chi connectivity index (χ0) is 50.4. The lowest BCUT2D eigenvalue weighted by Gasteiger charge is -2.46. The van der Waals surface area contributed by atoms with E-state index in [0.717, 1.165) is 4.90 Å². The van der Waals surface area contributed by atoms with E-state index in [-0.39, 0.29) is 43.3 Å². The second kappa shape index (κ2) is 21.3. The number of imide groups is 1. The standard InChI is InChI=1S/C54H54N6O11/c1-32(2)43(49(64)69-3)58-53(68)59-40-25-24-33(15-14-26-56-52(55)67)29-39(40)54(51(59)66)42(48(63)57-31-41(62)34-16-7-4-8-17-34)45-50(65)71-46(36-20-11-6-12-21-36)44(35-18-9-5-10-19-35)60(45)47(54)37-22-13-23-38(30-37)70-28-27-61/h4-13,16-25,29-30,32,41-47,61-62H,26-28,31H2,1-3H3,(H,57,63)(H,58,68)(H3,55,56,67). The van der Waals surface area contributed by atoms with Crippen LogP contribution in [0.2, 0.25) is 0 Å². The van der Waals surface area contributed by atoms with Crippen LogP contribution in [-0.2, 0) is 34.1 Å². The summed E-state index contributed by atoms with van der Waals surface area (Å²) in [5.41, 5.74) is 5.65. The second-order valence-electron chi connectivity index (χ2n) is 17.7. The smallest absolute Gasteiger partial charge is 0.329 e. The summed E-state index contributed by atoms with van der Waals surface area (Å²) < 4.78 is 17.6. The molecule has 8 unspecified atom stereocenters. The van der Waals surface area contributed by atoms with Crippen molar-refractivity contribution in [3.63, 3.8) is 0 Å². The maximum Gasteiger partial charge on any atom is 0.329 e. The van der Waals surface area contributed by atoms with Gasteiger partial charge in [-0.05, 0) is 64.1 Å². The fourth-order valence-electron chi connectivity index (χ4n) is 10.1. The van der Waals surface area contributed by atoms with Gasteiger partial charge in [0.1, 0.15) is 36.0 Å². The second-order valence-corrected chi connectivity index (χ2v) is 17.7. The molecule has 2 saturated heterocycles. The molecule has 17 heteroatoms. The average molecular weight is 963 g/mol. The number of ether oxygens (including phenoxy) is 3. The van der Waals surface area contributed by atoms with Gasteiger partial charge in [-0.25, -0.2) is 19.3 Å². The number of hydrogen-bond donors (Lipinski definition) is 6. The van der Waals surface area contributed by atoms with Crippen LogP contribution in [0.25, 0.3) is 0 Å². The highest BCUT2D eigenvalue weighted by molar-refractivity contribution is 6.25. The molecule has 7 N–H and O–H groups in total. The van der Waals surface area contributed by atoms with E-state index in [1.54, 1.807) is 80.6 Å².